The Hall–Kier alpha value is -3.40. The van der Waals surface area contributed by atoms with Gasteiger partial charge in [0, 0.05) is 0 Å². The van der Waals surface area contributed by atoms with Crippen LogP contribution >= 0.6 is 0 Å². The first kappa shape index (κ1) is 33.5. The first-order valence-corrected chi connectivity index (χ1v) is 18.3. The smallest absolute Gasteiger partial charge is 0.399 e. The van der Waals surface area contributed by atoms with E-state index in [1.54, 1.807) is 0 Å². The van der Waals surface area contributed by atoms with Crippen LogP contribution in [0.5, 0.6) is 0 Å². The van der Waals surface area contributed by atoms with Gasteiger partial charge in [-0.3, -0.25) is 0 Å². The summed E-state index contributed by atoms with van der Waals surface area (Å²) in [6.07, 6.45) is 15.0. The average molecular weight is 625 g/mol. The lowest BCUT2D eigenvalue weighted by Crippen LogP contribution is -2.41. The summed E-state index contributed by atoms with van der Waals surface area (Å²) in [5, 5.41) is 4.81. The molecule has 3 heteroatoms. The Morgan fingerprint density at radius 2 is 0.872 bits per heavy atom. The highest BCUT2D eigenvalue weighted by Gasteiger charge is 2.52. The van der Waals surface area contributed by atoms with Crippen molar-refractivity contribution in [3.63, 3.8) is 0 Å². The molecule has 2 nitrogen and oxygen atoms in total. The van der Waals surface area contributed by atoms with E-state index >= 15 is 0 Å². The highest BCUT2D eigenvalue weighted by Crippen LogP contribution is 2.41. The second-order valence-corrected chi connectivity index (χ2v) is 14.7. The minimum atomic E-state index is -0.431. The minimum absolute atomic E-state index is 0.403. The Morgan fingerprint density at radius 3 is 1.36 bits per heavy atom. The summed E-state index contributed by atoms with van der Waals surface area (Å²) in [4.78, 5) is 0. The van der Waals surface area contributed by atoms with E-state index in [1.165, 1.54) is 120 Å². The Labute approximate surface area is 284 Å². The predicted molar refractivity (Wildman–Crippen MR) is 204 cm³/mol. The number of aryl methyl sites for hydroxylation is 1. The van der Waals surface area contributed by atoms with Crippen molar-refractivity contribution in [3.8, 4) is 22.3 Å². The second-order valence-electron chi connectivity index (χ2n) is 14.7. The molecule has 0 unspecified atom stereocenters. The zero-order chi connectivity index (χ0) is 32.9. The number of fused-ring (bicyclic) bond motifs is 2. The van der Waals surface area contributed by atoms with Crippen molar-refractivity contribution in [1.82, 2.24) is 0 Å². The van der Waals surface area contributed by atoms with E-state index in [1.807, 2.05) is 0 Å². The SMILES string of the molecule is CCCCCCCCCCCCc1ccc(-c2ccc(-c3c4ccccc4c(B4OC(C)(C)C(C)(C)O4)c4ccccc34)cc2)cc1. The van der Waals surface area contributed by atoms with Crippen molar-refractivity contribution in [2.75, 3.05) is 0 Å². The van der Waals surface area contributed by atoms with Gasteiger partial charge in [-0.15, -0.1) is 0 Å². The molecule has 244 valence electrons. The summed E-state index contributed by atoms with van der Waals surface area (Å²) >= 11 is 0. The Kier molecular flexibility index (Phi) is 10.5. The highest BCUT2D eigenvalue weighted by molar-refractivity contribution is 6.68. The van der Waals surface area contributed by atoms with Crippen LogP contribution in [0.15, 0.2) is 97.1 Å². The number of rotatable bonds is 14. The molecule has 5 aromatic rings. The zero-order valence-electron chi connectivity index (χ0n) is 29.4. The Bertz CT molecular complexity index is 1690. The summed E-state index contributed by atoms with van der Waals surface area (Å²) in [7, 11) is -0.431. The number of hydrogen-bond donors (Lipinski definition) is 0. The molecule has 1 heterocycles. The van der Waals surface area contributed by atoms with Crippen molar-refractivity contribution in [1.29, 1.82) is 0 Å². The van der Waals surface area contributed by atoms with Crippen molar-refractivity contribution in [2.45, 2.75) is 116 Å². The molecule has 0 spiro atoms. The maximum atomic E-state index is 6.62. The molecule has 1 fully saturated rings. The van der Waals surface area contributed by atoms with Crippen LogP contribution in [0.4, 0.5) is 0 Å². The van der Waals surface area contributed by atoms with Crippen LogP contribution in [-0.2, 0) is 15.7 Å². The van der Waals surface area contributed by atoms with Gasteiger partial charge in [-0.05, 0) is 95.4 Å². The summed E-state index contributed by atoms with van der Waals surface area (Å²) in [6, 6.07) is 35.8. The fraction of sp³-hybridized carbons (Fsp3) is 0.409. The van der Waals surface area contributed by atoms with Crippen LogP contribution in [0.2, 0.25) is 0 Å². The van der Waals surface area contributed by atoms with Crippen LogP contribution in [0.1, 0.15) is 104 Å². The number of benzene rings is 5. The van der Waals surface area contributed by atoms with Crippen molar-refractivity contribution >= 4 is 34.1 Å². The first-order chi connectivity index (χ1) is 22.8. The van der Waals surface area contributed by atoms with Crippen LogP contribution < -0.4 is 5.46 Å². The van der Waals surface area contributed by atoms with Gasteiger partial charge >= 0.3 is 7.12 Å². The lowest BCUT2D eigenvalue weighted by Gasteiger charge is -2.32. The topological polar surface area (TPSA) is 18.5 Å². The van der Waals surface area contributed by atoms with Crippen LogP contribution in [0.25, 0.3) is 43.8 Å². The standard InChI is InChI=1S/C44H53BO2/c1-6-7-8-9-10-11-12-13-14-15-20-33-25-27-34(28-26-33)35-29-31-36(32-30-35)41-37-21-16-18-23-39(37)42(40-24-19-17-22-38(40)41)45-46-43(2,3)44(4,5)47-45/h16-19,21-32H,6-15,20H2,1-5H3. The van der Waals surface area contributed by atoms with Gasteiger partial charge in [0.25, 0.3) is 0 Å². The highest BCUT2D eigenvalue weighted by atomic mass is 16.7. The molecule has 47 heavy (non-hydrogen) atoms. The van der Waals surface area contributed by atoms with Gasteiger partial charge in [-0.2, -0.15) is 0 Å². The van der Waals surface area contributed by atoms with Gasteiger partial charge in [-0.1, -0.05) is 162 Å². The fourth-order valence-corrected chi connectivity index (χ4v) is 7.20. The molecule has 5 aromatic carbocycles. The summed E-state index contributed by atoms with van der Waals surface area (Å²) in [5.41, 5.74) is 6.77. The molecular formula is C44H53BO2. The fourth-order valence-electron chi connectivity index (χ4n) is 7.20. The minimum Gasteiger partial charge on any atom is -0.399 e. The van der Waals surface area contributed by atoms with Gasteiger partial charge in [0.2, 0.25) is 0 Å². The van der Waals surface area contributed by atoms with E-state index in [4.69, 9.17) is 9.31 Å². The van der Waals surface area contributed by atoms with Crippen LogP contribution in [-0.4, -0.2) is 18.3 Å². The maximum Gasteiger partial charge on any atom is 0.496 e. The molecule has 0 aromatic heterocycles. The van der Waals surface area contributed by atoms with E-state index in [0.29, 0.717) is 0 Å². The maximum absolute atomic E-state index is 6.62. The Morgan fingerprint density at radius 1 is 0.468 bits per heavy atom. The molecule has 1 aliphatic heterocycles. The molecule has 0 amide bonds. The van der Waals surface area contributed by atoms with Gasteiger partial charge in [0.05, 0.1) is 11.2 Å². The normalized spacial score (nSPS) is 15.6. The van der Waals surface area contributed by atoms with Gasteiger partial charge in [0.1, 0.15) is 0 Å². The van der Waals surface area contributed by atoms with Crippen molar-refractivity contribution in [3.05, 3.63) is 103 Å². The van der Waals surface area contributed by atoms with Crippen molar-refractivity contribution in [2.24, 2.45) is 0 Å². The third-order valence-corrected chi connectivity index (χ3v) is 10.7. The molecule has 1 saturated heterocycles. The lowest BCUT2D eigenvalue weighted by molar-refractivity contribution is 0.00578. The summed E-state index contributed by atoms with van der Waals surface area (Å²) in [6.45, 7) is 10.8. The van der Waals surface area contributed by atoms with Crippen LogP contribution in [0, 0.1) is 0 Å². The predicted octanol–water partition coefficient (Wildman–Crippen LogP) is 12.1. The third kappa shape index (κ3) is 7.37. The van der Waals surface area contributed by atoms with E-state index in [2.05, 4.69) is 132 Å². The van der Waals surface area contributed by atoms with Gasteiger partial charge < -0.3 is 9.31 Å². The van der Waals surface area contributed by atoms with E-state index in [9.17, 15) is 0 Å². The van der Waals surface area contributed by atoms with Gasteiger partial charge in [-0.25, -0.2) is 0 Å². The number of unbranched alkanes of at least 4 members (excludes halogenated alkanes) is 9. The van der Waals surface area contributed by atoms with Gasteiger partial charge in [0.15, 0.2) is 0 Å². The zero-order valence-corrected chi connectivity index (χ0v) is 29.4. The van der Waals surface area contributed by atoms with Crippen LogP contribution in [0.3, 0.4) is 0 Å². The molecule has 0 radical (unpaired) electrons. The monoisotopic (exact) mass is 624 g/mol. The number of hydrogen-bond acceptors (Lipinski definition) is 2. The summed E-state index contributed by atoms with van der Waals surface area (Å²) < 4.78 is 13.2. The van der Waals surface area contributed by atoms with E-state index < -0.39 is 18.3 Å². The molecule has 0 aliphatic carbocycles. The molecule has 0 atom stereocenters. The first-order valence-electron chi connectivity index (χ1n) is 18.3. The molecule has 6 rings (SSSR count). The van der Waals surface area contributed by atoms with Crippen molar-refractivity contribution < 1.29 is 9.31 Å². The second kappa shape index (κ2) is 14.8. The lowest BCUT2D eigenvalue weighted by atomic mass is 9.71. The molecule has 0 N–H and O–H groups in total. The molecule has 0 saturated carbocycles. The quantitative estimate of drug-likeness (QED) is 0.0695. The summed E-state index contributed by atoms with van der Waals surface area (Å²) in [5.74, 6) is 0. The van der Waals surface area contributed by atoms with E-state index in [0.717, 1.165) is 5.46 Å². The molecule has 1 aliphatic rings. The molecule has 0 bridgehead atoms. The molecular weight excluding hydrogens is 571 g/mol. The average Bonchev–Trinajstić information content (AvgIpc) is 3.30. The van der Waals surface area contributed by atoms with E-state index in [-0.39, 0.29) is 0 Å². The largest absolute Gasteiger partial charge is 0.496 e. The Balaban J connectivity index is 1.17. The third-order valence-electron chi connectivity index (χ3n) is 10.7.